The molecule has 0 bridgehead atoms. The largest absolute Gasteiger partial charge is 0.367 e. The number of hydrogen-bond acceptors (Lipinski definition) is 9. The molecule has 4 atom stereocenters. The number of aromatic nitrogens is 1. The van der Waals surface area contributed by atoms with E-state index in [1.165, 1.54) is 6.20 Å². The van der Waals surface area contributed by atoms with E-state index in [0.717, 1.165) is 24.3 Å². The van der Waals surface area contributed by atoms with Crippen molar-refractivity contribution in [3.05, 3.63) is 23.1 Å². The second-order valence-electron chi connectivity index (χ2n) is 10.4. The number of nitroso groups, excluding NO2 is 1. The summed E-state index contributed by atoms with van der Waals surface area (Å²) in [5.41, 5.74) is 6.44. The highest BCUT2D eigenvalue weighted by atomic mass is 19.1. The molecule has 3 aliphatic heterocycles. The first-order chi connectivity index (χ1) is 18.2. The van der Waals surface area contributed by atoms with Crippen molar-refractivity contribution in [2.24, 2.45) is 22.9 Å². The second-order valence-corrected chi connectivity index (χ2v) is 10.4. The highest BCUT2D eigenvalue weighted by molar-refractivity contribution is 5.96. The number of nitrogens with two attached hydrogens (primary N) is 1. The quantitative estimate of drug-likeness (QED) is 0.421. The molecule has 0 aliphatic carbocycles. The second kappa shape index (κ2) is 12.3. The summed E-state index contributed by atoms with van der Waals surface area (Å²) in [7, 11) is 2.04. The van der Waals surface area contributed by atoms with E-state index in [9.17, 15) is 18.9 Å². The van der Waals surface area contributed by atoms with Crippen LogP contribution in [0.15, 0.2) is 17.7 Å². The normalized spacial score (nSPS) is 25.1. The van der Waals surface area contributed by atoms with E-state index in [2.05, 4.69) is 25.8 Å². The number of nitrogens with zero attached hydrogens (tertiary/aromatic N) is 6. The van der Waals surface area contributed by atoms with Gasteiger partial charge in [0.05, 0.1) is 35.8 Å². The first-order valence-electron chi connectivity index (χ1n) is 13.1. The average Bonchev–Trinajstić information content (AvgIpc) is 2.90. The molecule has 0 aromatic carbocycles. The highest BCUT2D eigenvalue weighted by Crippen LogP contribution is 2.33. The fourth-order valence-corrected chi connectivity index (χ4v) is 5.49. The minimum atomic E-state index is -1.31. The summed E-state index contributed by atoms with van der Waals surface area (Å²) in [4.78, 5) is 47.5. The zero-order valence-corrected chi connectivity index (χ0v) is 21.9. The van der Waals surface area contributed by atoms with E-state index in [0.29, 0.717) is 39.0 Å². The van der Waals surface area contributed by atoms with Crippen LogP contribution >= 0.6 is 0 Å². The molecule has 1 aromatic rings. The van der Waals surface area contributed by atoms with Crippen LogP contribution in [0.3, 0.4) is 0 Å². The molecule has 0 saturated carbocycles. The van der Waals surface area contributed by atoms with Gasteiger partial charge in [-0.25, -0.2) is 13.8 Å². The first kappa shape index (κ1) is 28.0. The van der Waals surface area contributed by atoms with Gasteiger partial charge >= 0.3 is 0 Å². The van der Waals surface area contributed by atoms with Gasteiger partial charge in [-0.2, -0.15) is 0 Å². The van der Waals surface area contributed by atoms with E-state index >= 15 is 4.39 Å². The van der Waals surface area contributed by atoms with Gasteiger partial charge in [0, 0.05) is 57.8 Å². The zero-order chi connectivity index (χ0) is 27.4. The molecule has 4 heterocycles. The Hall–Kier alpha value is -2.97. The van der Waals surface area contributed by atoms with Crippen LogP contribution in [-0.2, 0) is 9.59 Å². The van der Waals surface area contributed by atoms with Crippen molar-refractivity contribution in [2.45, 2.75) is 38.1 Å². The maximum Gasteiger partial charge on any atom is 0.232 e. The van der Waals surface area contributed by atoms with Crippen molar-refractivity contribution in [3.8, 4) is 0 Å². The summed E-state index contributed by atoms with van der Waals surface area (Å²) in [5.74, 6) is -2.14. The van der Waals surface area contributed by atoms with Gasteiger partial charge in [-0.1, -0.05) is 0 Å². The maximum atomic E-state index is 15.1. The molecule has 3 saturated heterocycles. The Morgan fingerprint density at radius 2 is 1.87 bits per heavy atom. The van der Waals surface area contributed by atoms with Crippen molar-refractivity contribution >= 4 is 23.2 Å². The number of hydrogen-bond donors (Lipinski definition) is 3. The Morgan fingerprint density at radius 3 is 2.50 bits per heavy atom. The first-order valence-corrected chi connectivity index (χ1v) is 13.1. The minimum Gasteiger partial charge on any atom is -0.367 e. The molecule has 4 rings (SSSR count). The number of halogens is 2. The van der Waals surface area contributed by atoms with Crippen LogP contribution in [0, 0.1) is 22.6 Å². The Kier molecular flexibility index (Phi) is 9.05. The van der Waals surface area contributed by atoms with E-state index in [1.807, 2.05) is 16.8 Å². The summed E-state index contributed by atoms with van der Waals surface area (Å²) >= 11 is 0. The standard InChI is InChI=1S/C24H37F2N9O3/c1-15(27)20(22-29-11-17(25)14-35(22)31-38)23(36)30-19-13-28-12-18(26)21(19)33-5-3-16(4-6-33)24(37)34-9-7-32(2)8-10-34/h12-13,15-17,20,22,29H,3-11,14,27H2,1-2H3,(H,30,36). The fraction of sp³-hybridized carbons (Fsp3) is 0.708. The molecule has 1 aromatic heterocycles. The summed E-state index contributed by atoms with van der Waals surface area (Å²) in [5, 5.41) is 9.36. The molecule has 4 unspecified atom stereocenters. The number of carbonyl (C=O) groups excluding carboxylic acids is 2. The van der Waals surface area contributed by atoms with Gasteiger partial charge in [0.2, 0.25) is 11.8 Å². The van der Waals surface area contributed by atoms with Crippen LogP contribution in [0.2, 0.25) is 0 Å². The van der Waals surface area contributed by atoms with Gasteiger partial charge in [-0.05, 0) is 26.8 Å². The third-order valence-corrected chi connectivity index (χ3v) is 7.68. The molecule has 4 N–H and O–H groups in total. The fourth-order valence-electron chi connectivity index (χ4n) is 5.49. The van der Waals surface area contributed by atoms with Gasteiger partial charge in [0.25, 0.3) is 0 Å². The molecule has 38 heavy (non-hydrogen) atoms. The lowest BCUT2D eigenvalue weighted by Crippen LogP contribution is -2.62. The zero-order valence-electron chi connectivity index (χ0n) is 21.9. The Labute approximate surface area is 220 Å². The molecule has 3 aliphatic rings. The number of nitrogens with one attached hydrogen (secondary N) is 2. The predicted molar refractivity (Wildman–Crippen MR) is 138 cm³/mol. The summed E-state index contributed by atoms with van der Waals surface area (Å²) in [6.07, 6.45) is 1.35. The lowest BCUT2D eigenvalue weighted by atomic mass is 9.94. The lowest BCUT2D eigenvalue weighted by Gasteiger charge is -2.39. The van der Waals surface area contributed by atoms with Gasteiger partial charge in [0.15, 0.2) is 5.82 Å². The van der Waals surface area contributed by atoms with Crippen LogP contribution < -0.4 is 21.3 Å². The number of anilines is 2. The number of carbonyl (C=O) groups is 2. The number of likely N-dealkylation sites (N-methyl/N-ethyl adjacent to an activating group) is 1. The maximum absolute atomic E-state index is 15.1. The number of amides is 2. The van der Waals surface area contributed by atoms with Crippen LogP contribution in [0.4, 0.5) is 20.2 Å². The molecule has 12 nitrogen and oxygen atoms in total. The molecule has 14 heteroatoms. The SMILES string of the molecule is CC(N)C(C(=O)Nc1cncc(F)c1N1CCC(C(=O)N2CCN(C)CC2)CC1)C1NCC(F)CN1N=O. The number of piperazine rings is 1. The van der Waals surface area contributed by atoms with Crippen molar-refractivity contribution in [1.29, 1.82) is 0 Å². The van der Waals surface area contributed by atoms with Crippen molar-refractivity contribution in [3.63, 3.8) is 0 Å². The summed E-state index contributed by atoms with van der Waals surface area (Å²) in [6.45, 7) is 5.30. The lowest BCUT2D eigenvalue weighted by molar-refractivity contribution is -0.137. The number of rotatable bonds is 7. The van der Waals surface area contributed by atoms with E-state index < -0.39 is 36.0 Å². The van der Waals surface area contributed by atoms with Crippen LogP contribution in [-0.4, -0.2) is 109 Å². The van der Waals surface area contributed by atoms with Crippen molar-refractivity contribution in [1.82, 2.24) is 25.1 Å². The third kappa shape index (κ3) is 6.18. The summed E-state index contributed by atoms with van der Waals surface area (Å²) in [6, 6.07) is -0.728. The van der Waals surface area contributed by atoms with E-state index in [4.69, 9.17) is 5.73 Å². The monoisotopic (exact) mass is 537 g/mol. The molecule has 0 radical (unpaired) electrons. The number of piperidine rings is 1. The Bertz CT molecular complexity index is 1000. The molecular formula is C24H37F2N9O3. The van der Waals surface area contributed by atoms with Crippen LogP contribution in [0.25, 0.3) is 0 Å². The molecule has 210 valence electrons. The van der Waals surface area contributed by atoms with Crippen molar-refractivity contribution in [2.75, 3.05) is 69.6 Å². The smallest absolute Gasteiger partial charge is 0.232 e. The molecule has 3 fully saturated rings. The summed E-state index contributed by atoms with van der Waals surface area (Å²) < 4.78 is 28.9. The van der Waals surface area contributed by atoms with Crippen LogP contribution in [0.1, 0.15) is 19.8 Å². The van der Waals surface area contributed by atoms with E-state index in [1.54, 1.807) is 6.92 Å². The number of alkyl halides is 1. The highest BCUT2D eigenvalue weighted by Gasteiger charge is 2.40. The average molecular weight is 538 g/mol. The molecule has 2 amide bonds. The Morgan fingerprint density at radius 1 is 1.18 bits per heavy atom. The number of pyridine rings is 1. The van der Waals surface area contributed by atoms with E-state index in [-0.39, 0.29) is 36.3 Å². The minimum absolute atomic E-state index is 0.0538. The molecular weight excluding hydrogens is 500 g/mol. The predicted octanol–water partition coefficient (Wildman–Crippen LogP) is 0.364. The van der Waals surface area contributed by atoms with Gasteiger partial charge in [-0.15, -0.1) is 4.91 Å². The Balaban J connectivity index is 1.45. The van der Waals surface area contributed by atoms with Gasteiger partial charge < -0.3 is 25.8 Å². The van der Waals surface area contributed by atoms with Crippen molar-refractivity contribution < 1.29 is 18.4 Å². The van der Waals surface area contributed by atoms with Crippen LogP contribution in [0.5, 0.6) is 0 Å². The molecule has 0 spiro atoms. The van der Waals surface area contributed by atoms with Gasteiger partial charge in [0.1, 0.15) is 18.0 Å². The van der Waals surface area contributed by atoms with Gasteiger partial charge in [-0.3, -0.25) is 19.9 Å². The third-order valence-electron chi connectivity index (χ3n) is 7.68. The topological polar surface area (TPSA) is 139 Å².